The van der Waals surface area contributed by atoms with Gasteiger partial charge in [-0.15, -0.1) is 0 Å². The number of urea groups is 1. The van der Waals surface area contributed by atoms with Gasteiger partial charge in [0.05, 0.1) is 17.1 Å². The molecule has 1 aliphatic heterocycles. The molecule has 0 bridgehead atoms. The third-order valence-corrected chi connectivity index (χ3v) is 6.09. The van der Waals surface area contributed by atoms with E-state index in [0.29, 0.717) is 30.8 Å². The van der Waals surface area contributed by atoms with E-state index < -0.39 is 21.9 Å². The van der Waals surface area contributed by atoms with Crippen molar-refractivity contribution < 1.29 is 17.6 Å². The first-order chi connectivity index (χ1) is 12.4. The highest BCUT2D eigenvalue weighted by Gasteiger charge is 2.29. The van der Waals surface area contributed by atoms with Gasteiger partial charge in [0.25, 0.3) is 0 Å². The molecule has 26 heavy (non-hydrogen) atoms. The van der Waals surface area contributed by atoms with Crippen LogP contribution >= 0.6 is 0 Å². The van der Waals surface area contributed by atoms with Crippen molar-refractivity contribution in [2.45, 2.75) is 19.8 Å². The van der Waals surface area contributed by atoms with Crippen molar-refractivity contribution in [3.63, 3.8) is 0 Å². The second-order valence-corrected chi connectivity index (χ2v) is 8.05. The van der Waals surface area contributed by atoms with Crippen LogP contribution in [0.5, 0.6) is 0 Å². The van der Waals surface area contributed by atoms with Crippen LogP contribution in [-0.4, -0.2) is 26.7 Å². The van der Waals surface area contributed by atoms with Crippen LogP contribution in [0.1, 0.15) is 18.9 Å². The molecule has 0 radical (unpaired) electrons. The number of nitrogens with zero attached hydrogens (tertiary/aromatic N) is 1. The zero-order valence-electron chi connectivity index (χ0n) is 14.3. The summed E-state index contributed by atoms with van der Waals surface area (Å²) in [7, 11) is -3.37. The monoisotopic (exact) mass is 377 g/mol. The minimum Gasteiger partial charge on any atom is -0.308 e. The molecule has 2 amide bonds. The predicted molar refractivity (Wildman–Crippen MR) is 101 cm³/mol. The maximum absolute atomic E-state index is 13.6. The van der Waals surface area contributed by atoms with Gasteiger partial charge in [-0.25, -0.2) is 17.6 Å². The number of fused-ring (bicyclic) bond motifs is 1. The van der Waals surface area contributed by atoms with E-state index in [0.717, 1.165) is 5.56 Å². The second kappa shape index (κ2) is 7.33. The fourth-order valence-electron chi connectivity index (χ4n) is 2.93. The van der Waals surface area contributed by atoms with Gasteiger partial charge in [0.1, 0.15) is 5.82 Å². The van der Waals surface area contributed by atoms with Crippen molar-refractivity contribution in [2.24, 2.45) is 0 Å². The molecule has 0 fully saturated rings. The number of benzene rings is 2. The van der Waals surface area contributed by atoms with Crippen LogP contribution in [-0.2, 0) is 16.4 Å². The fraction of sp³-hybridized carbons (Fsp3) is 0.278. The van der Waals surface area contributed by atoms with Crippen LogP contribution in [0, 0.1) is 5.82 Å². The van der Waals surface area contributed by atoms with E-state index in [1.165, 1.54) is 22.5 Å². The van der Waals surface area contributed by atoms with Gasteiger partial charge in [-0.1, -0.05) is 25.1 Å². The van der Waals surface area contributed by atoms with Crippen molar-refractivity contribution in [2.75, 3.05) is 27.2 Å². The largest absolute Gasteiger partial charge is 0.323 e. The van der Waals surface area contributed by atoms with Crippen molar-refractivity contribution >= 4 is 33.1 Å². The molecule has 2 aromatic carbocycles. The molecule has 1 aliphatic rings. The predicted octanol–water partition coefficient (Wildman–Crippen LogP) is 3.57. The third kappa shape index (κ3) is 3.80. The van der Waals surface area contributed by atoms with Gasteiger partial charge in [-0.05, 0) is 42.7 Å². The van der Waals surface area contributed by atoms with Crippen molar-refractivity contribution in [1.29, 1.82) is 0 Å². The first-order valence-corrected chi connectivity index (χ1v) is 9.97. The summed E-state index contributed by atoms with van der Waals surface area (Å²) in [6, 6.07) is 10.4. The zero-order chi connectivity index (χ0) is 18.7. The molecule has 8 heteroatoms. The summed E-state index contributed by atoms with van der Waals surface area (Å²) in [5.41, 5.74) is 2.02. The maximum atomic E-state index is 13.6. The molecule has 0 aliphatic carbocycles. The average Bonchev–Trinajstić information content (AvgIpc) is 3.01. The van der Waals surface area contributed by atoms with E-state index in [2.05, 4.69) is 10.6 Å². The van der Waals surface area contributed by atoms with Crippen molar-refractivity contribution in [3.05, 3.63) is 53.8 Å². The summed E-state index contributed by atoms with van der Waals surface area (Å²) in [4.78, 5) is 12.1. The van der Waals surface area contributed by atoms with Crippen LogP contribution in [0.4, 0.5) is 26.2 Å². The Balaban J connectivity index is 1.77. The van der Waals surface area contributed by atoms with Crippen LogP contribution in [0.3, 0.4) is 0 Å². The standard InChI is InChI=1S/C18H20FN3O3S/c1-2-11-26(24,25)22-10-9-13-7-8-14(12-17(13)22)20-18(23)21-16-6-4-3-5-15(16)19/h3-8,12H,2,9-11H2,1H3,(H2,20,21,23). The van der Waals surface area contributed by atoms with E-state index in [4.69, 9.17) is 0 Å². The van der Waals surface area contributed by atoms with Gasteiger partial charge >= 0.3 is 6.03 Å². The summed E-state index contributed by atoms with van der Waals surface area (Å²) in [6.45, 7) is 2.22. The fourth-order valence-corrected chi connectivity index (χ4v) is 4.51. The Morgan fingerprint density at radius 1 is 1.19 bits per heavy atom. The number of rotatable bonds is 5. The van der Waals surface area contributed by atoms with Gasteiger partial charge in [-0.2, -0.15) is 0 Å². The highest BCUT2D eigenvalue weighted by molar-refractivity contribution is 7.92. The number of anilines is 3. The quantitative estimate of drug-likeness (QED) is 0.836. The summed E-state index contributed by atoms with van der Waals surface area (Å²) in [5, 5.41) is 5.04. The zero-order valence-corrected chi connectivity index (χ0v) is 15.1. The van der Waals surface area contributed by atoms with E-state index in [1.54, 1.807) is 24.3 Å². The number of sulfonamides is 1. The summed E-state index contributed by atoms with van der Waals surface area (Å²) < 4.78 is 39.8. The molecular weight excluding hydrogens is 357 g/mol. The topological polar surface area (TPSA) is 78.5 Å². The van der Waals surface area contributed by atoms with Crippen LogP contribution in [0.25, 0.3) is 0 Å². The summed E-state index contributed by atoms with van der Waals surface area (Å²) in [6.07, 6.45) is 1.18. The number of nitrogens with one attached hydrogen (secondary N) is 2. The second-order valence-electron chi connectivity index (χ2n) is 6.04. The van der Waals surface area contributed by atoms with E-state index in [-0.39, 0.29) is 11.4 Å². The van der Waals surface area contributed by atoms with Gasteiger partial charge in [0.15, 0.2) is 0 Å². The number of hydrogen-bond donors (Lipinski definition) is 2. The van der Waals surface area contributed by atoms with Gasteiger partial charge < -0.3 is 10.6 Å². The number of para-hydroxylation sites is 1. The lowest BCUT2D eigenvalue weighted by Crippen LogP contribution is -2.31. The number of halogens is 1. The van der Waals surface area contributed by atoms with E-state index >= 15 is 0 Å². The summed E-state index contributed by atoms with van der Waals surface area (Å²) >= 11 is 0. The Morgan fingerprint density at radius 3 is 2.69 bits per heavy atom. The highest BCUT2D eigenvalue weighted by Crippen LogP contribution is 2.33. The van der Waals surface area contributed by atoms with Crippen LogP contribution in [0.2, 0.25) is 0 Å². The Kier molecular flexibility index (Phi) is 5.13. The molecule has 0 atom stereocenters. The lowest BCUT2D eigenvalue weighted by molar-refractivity contribution is 0.262. The maximum Gasteiger partial charge on any atom is 0.323 e. The van der Waals surface area contributed by atoms with Crippen LogP contribution in [0.15, 0.2) is 42.5 Å². The first kappa shape index (κ1) is 18.2. The number of amides is 2. The molecule has 0 saturated carbocycles. The normalized spacial score (nSPS) is 13.4. The number of carbonyl (C=O) groups excluding carboxylic acids is 1. The van der Waals surface area contributed by atoms with Gasteiger partial charge in [-0.3, -0.25) is 4.31 Å². The number of carbonyl (C=O) groups is 1. The third-order valence-electron chi connectivity index (χ3n) is 4.12. The molecule has 3 rings (SSSR count). The molecule has 0 unspecified atom stereocenters. The minimum absolute atomic E-state index is 0.0679. The van der Waals surface area contributed by atoms with E-state index in [1.807, 2.05) is 6.92 Å². The molecule has 2 aromatic rings. The van der Waals surface area contributed by atoms with Gasteiger partial charge in [0, 0.05) is 12.2 Å². The molecule has 0 aromatic heterocycles. The van der Waals surface area contributed by atoms with Crippen LogP contribution < -0.4 is 14.9 Å². The Labute approximate surface area is 152 Å². The Hall–Kier alpha value is -2.61. The molecule has 0 saturated heterocycles. The highest BCUT2D eigenvalue weighted by atomic mass is 32.2. The Bertz CT molecular complexity index is 931. The average molecular weight is 377 g/mol. The molecule has 138 valence electrons. The lowest BCUT2D eigenvalue weighted by atomic mass is 10.1. The number of hydrogen-bond acceptors (Lipinski definition) is 3. The van der Waals surface area contributed by atoms with Crippen molar-refractivity contribution in [1.82, 2.24) is 0 Å². The Morgan fingerprint density at radius 2 is 1.96 bits per heavy atom. The van der Waals surface area contributed by atoms with Gasteiger partial charge in [0.2, 0.25) is 10.0 Å². The van der Waals surface area contributed by atoms with Crippen molar-refractivity contribution in [3.8, 4) is 0 Å². The molecular formula is C18H20FN3O3S. The first-order valence-electron chi connectivity index (χ1n) is 8.36. The molecule has 1 heterocycles. The van der Waals surface area contributed by atoms with E-state index in [9.17, 15) is 17.6 Å². The summed E-state index contributed by atoms with van der Waals surface area (Å²) in [5.74, 6) is -0.453. The minimum atomic E-state index is -3.37. The molecule has 6 nitrogen and oxygen atoms in total. The smallest absolute Gasteiger partial charge is 0.308 e. The SMILES string of the molecule is CCCS(=O)(=O)N1CCc2ccc(NC(=O)Nc3ccccc3F)cc21. The molecule has 2 N–H and O–H groups in total. The lowest BCUT2D eigenvalue weighted by Gasteiger charge is -2.19. The molecule has 0 spiro atoms.